The largest absolute Gasteiger partial charge is 0.497 e. The minimum Gasteiger partial charge on any atom is -0.497 e. The quantitative estimate of drug-likeness (QED) is 0.106. The first-order chi connectivity index (χ1) is 26.5. The number of carboxylic acids is 1. The van der Waals surface area contributed by atoms with E-state index in [-0.39, 0.29) is 36.6 Å². The van der Waals surface area contributed by atoms with Gasteiger partial charge in [-0.1, -0.05) is 55.5 Å². The molecule has 4 aromatic carbocycles. The van der Waals surface area contributed by atoms with Crippen molar-refractivity contribution < 1.29 is 38.1 Å². The summed E-state index contributed by atoms with van der Waals surface area (Å²) in [6.45, 7) is 3.44. The van der Waals surface area contributed by atoms with Gasteiger partial charge in [-0.3, -0.25) is 19.3 Å². The number of aromatic nitrogens is 3. The summed E-state index contributed by atoms with van der Waals surface area (Å²) in [6, 6.07) is 27.1. The number of nitrogens with zero attached hydrogens (tertiary/aromatic N) is 3. The van der Waals surface area contributed by atoms with Gasteiger partial charge < -0.3 is 30.0 Å². The Kier molecular flexibility index (Phi) is 11.5. The van der Waals surface area contributed by atoms with Crippen LogP contribution in [-0.2, 0) is 22.7 Å². The maximum Gasteiger partial charge on any atom is 0.408 e. The van der Waals surface area contributed by atoms with E-state index in [1.54, 1.807) is 105 Å². The van der Waals surface area contributed by atoms with Crippen LogP contribution in [0.2, 0.25) is 0 Å². The maximum atomic E-state index is 15.4. The van der Waals surface area contributed by atoms with Gasteiger partial charge in [-0.25, -0.2) is 18.7 Å². The summed E-state index contributed by atoms with van der Waals surface area (Å²) >= 11 is 0. The summed E-state index contributed by atoms with van der Waals surface area (Å²) in [5.41, 5.74) is 1.36. The molecule has 282 valence electrons. The van der Waals surface area contributed by atoms with E-state index in [2.05, 4.69) is 15.6 Å². The lowest BCUT2D eigenvalue weighted by molar-refractivity contribution is -0.139. The van der Waals surface area contributed by atoms with Crippen molar-refractivity contribution in [2.75, 3.05) is 12.4 Å². The number of hydrogen-bond donors (Lipinski definition) is 3. The van der Waals surface area contributed by atoms with Crippen LogP contribution >= 0.6 is 0 Å². The lowest BCUT2D eigenvalue weighted by Crippen LogP contribution is -2.42. The molecule has 0 radical (unpaired) electrons. The zero-order chi connectivity index (χ0) is 39.1. The molecule has 6 rings (SSSR count). The minimum absolute atomic E-state index is 0.0188. The Hall–Kier alpha value is -6.96. The minimum atomic E-state index is -1.29. The zero-order valence-electron chi connectivity index (χ0n) is 30.2. The highest BCUT2D eigenvalue weighted by Crippen LogP contribution is 2.33. The molecule has 2 atom stereocenters. The Morgan fingerprint density at radius 3 is 2.35 bits per heavy atom. The molecular formula is C41H38FN5O8. The van der Waals surface area contributed by atoms with E-state index in [4.69, 9.17) is 14.2 Å². The Balaban J connectivity index is 1.19. The average molecular weight is 748 g/mol. The van der Waals surface area contributed by atoms with Gasteiger partial charge in [0.2, 0.25) is 0 Å². The molecule has 6 aromatic rings. The second-order valence-corrected chi connectivity index (χ2v) is 12.8. The lowest BCUT2D eigenvalue weighted by Gasteiger charge is -2.21. The van der Waals surface area contributed by atoms with Gasteiger partial charge in [-0.05, 0) is 67.3 Å². The molecule has 2 amide bonds. The summed E-state index contributed by atoms with van der Waals surface area (Å²) in [7, 11) is 1.54. The van der Waals surface area contributed by atoms with Crippen molar-refractivity contribution in [3.8, 4) is 22.9 Å². The highest BCUT2D eigenvalue weighted by Gasteiger charge is 2.28. The number of benzene rings is 4. The maximum absolute atomic E-state index is 15.4. The molecule has 14 heteroatoms. The lowest BCUT2D eigenvalue weighted by atomic mass is 10.0. The molecule has 2 aromatic heterocycles. The van der Waals surface area contributed by atoms with Crippen molar-refractivity contribution in [1.82, 2.24) is 19.7 Å². The second kappa shape index (κ2) is 16.8. The van der Waals surface area contributed by atoms with Crippen molar-refractivity contribution in [2.45, 2.75) is 39.5 Å². The fourth-order valence-electron chi connectivity index (χ4n) is 6.15. The van der Waals surface area contributed by atoms with Crippen LogP contribution in [0.25, 0.3) is 16.6 Å². The number of alkyl carbamates (subject to hydrolysis) is 1. The van der Waals surface area contributed by atoms with Crippen molar-refractivity contribution >= 4 is 34.6 Å². The van der Waals surface area contributed by atoms with Crippen LogP contribution in [0.4, 0.5) is 14.9 Å². The predicted molar refractivity (Wildman–Crippen MR) is 202 cm³/mol. The van der Waals surface area contributed by atoms with E-state index in [1.165, 1.54) is 23.0 Å². The number of fused-ring (bicyclic) bond motifs is 1. The molecule has 13 nitrogen and oxygen atoms in total. The second-order valence-electron chi connectivity index (χ2n) is 12.8. The topological polar surface area (TPSA) is 163 Å². The number of methoxy groups -OCH3 is 1. The molecule has 0 bridgehead atoms. The number of aliphatic carboxylic acids is 1. The number of halogens is 1. The van der Waals surface area contributed by atoms with E-state index >= 15 is 4.39 Å². The van der Waals surface area contributed by atoms with Crippen molar-refractivity contribution in [1.29, 1.82) is 0 Å². The van der Waals surface area contributed by atoms with Crippen LogP contribution in [0.3, 0.4) is 0 Å². The van der Waals surface area contributed by atoms with Crippen LogP contribution in [0.1, 0.15) is 35.0 Å². The van der Waals surface area contributed by atoms with Gasteiger partial charge in [-0.15, -0.1) is 0 Å². The number of hydrogen-bond acceptors (Lipinski definition) is 8. The molecule has 0 spiro atoms. The molecule has 0 fully saturated rings. The van der Waals surface area contributed by atoms with Crippen LogP contribution < -0.4 is 25.7 Å². The molecule has 0 saturated heterocycles. The molecule has 0 aliphatic heterocycles. The summed E-state index contributed by atoms with van der Waals surface area (Å²) in [5.74, 6) is -2.33. The van der Waals surface area contributed by atoms with E-state index in [0.29, 0.717) is 33.8 Å². The third kappa shape index (κ3) is 8.82. The Bertz CT molecular complexity index is 2400. The average Bonchev–Trinajstić information content (AvgIpc) is 3.42. The third-order valence-electron chi connectivity index (χ3n) is 8.87. The number of pyridine rings is 1. The third-order valence-corrected chi connectivity index (χ3v) is 8.87. The number of anilines is 1. The summed E-state index contributed by atoms with van der Waals surface area (Å²) in [4.78, 5) is 56.7. The van der Waals surface area contributed by atoms with E-state index in [1.807, 2.05) is 6.07 Å². The Morgan fingerprint density at radius 1 is 0.927 bits per heavy atom. The number of para-hydroxylation sites is 1. The van der Waals surface area contributed by atoms with E-state index < -0.39 is 41.3 Å². The van der Waals surface area contributed by atoms with Crippen LogP contribution in [0.15, 0.2) is 114 Å². The summed E-state index contributed by atoms with van der Waals surface area (Å²) < 4.78 is 34.7. The summed E-state index contributed by atoms with van der Waals surface area (Å²) in [5, 5.41) is 15.6. The number of ether oxygens (including phenoxy) is 3. The van der Waals surface area contributed by atoms with Gasteiger partial charge in [0.1, 0.15) is 29.7 Å². The fraction of sp³-hybridized carbons (Fsp3) is 0.195. The summed E-state index contributed by atoms with van der Waals surface area (Å²) in [6.07, 6.45) is 0.630. The number of rotatable bonds is 14. The van der Waals surface area contributed by atoms with Gasteiger partial charge in [0, 0.05) is 35.9 Å². The Labute approximate surface area is 314 Å². The standard InChI is InChI=1S/C41H38FN5O8/c1-25(20-34(40(50)51)45-41(52)54-24-27-10-6-4-7-11-27)23-46-26(2)37(39(49)47(46)29-12-8-5-9-13-29)38(48)44-28-14-17-36(32(42)21-28)55-35-18-19-43-33-22-30(53-3)15-16-31(33)35/h4-19,21-22,25,34H,20,23-24H2,1-3H3,(H,44,48)(H,45,52)(H,50,51)/t25-,34-/m0/s1. The monoisotopic (exact) mass is 747 g/mol. The molecule has 0 saturated carbocycles. The van der Waals surface area contributed by atoms with Gasteiger partial charge in [-0.2, -0.15) is 0 Å². The van der Waals surface area contributed by atoms with Crippen LogP contribution in [-0.4, -0.2) is 50.6 Å². The fourth-order valence-corrected chi connectivity index (χ4v) is 6.15. The number of carboxylic acid groups (broad SMARTS) is 1. The molecule has 55 heavy (non-hydrogen) atoms. The molecule has 0 aliphatic rings. The van der Waals surface area contributed by atoms with Gasteiger partial charge in [0.25, 0.3) is 11.5 Å². The van der Waals surface area contributed by atoms with Crippen LogP contribution in [0, 0.1) is 18.7 Å². The smallest absolute Gasteiger partial charge is 0.408 e. The molecule has 0 unspecified atom stereocenters. The van der Waals surface area contributed by atoms with Crippen LogP contribution in [0.5, 0.6) is 17.2 Å². The molecular weight excluding hydrogens is 709 g/mol. The number of carbonyl (C=O) groups is 3. The number of carbonyl (C=O) groups excluding carboxylic acids is 2. The highest BCUT2D eigenvalue weighted by molar-refractivity contribution is 6.05. The SMILES string of the molecule is COc1ccc2c(Oc3ccc(NC(=O)c4c(C)n(C[C@@H](C)C[C@H](NC(=O)OCc5ccccc5)C(=O)O)n(-c5ccccc5)c4=O)cc3F)ccnc2c1. The molecule has 3 N–H and O–H groups in total. The van der Waals surface area contributed by atoms with E-state index in [9.17, 15) is 24.3 Å². The molecule has 0 aliphatic carbocycles. The number of nitrogens with one attached hydrogen (secondary N) is 2. The normalized spacial score (nSPS) is 12.1. The highest BCUT2D eigenvalue weighted by atomic mass is 19.1. The van der Waals surface area contributed by atoms with Gasteiger partial charge in [0.05, 0.1) is 24.0 Å². The predicted octanol–water partition coefficient (Wildman–Crippen LogP) is 7.09. The van der Waals surface area contributed by atoms with Gasteiger partial charge >= 0.3 is 12.1 Å². The van der Waals surface area contributed by atoms with Crippen molar-refractivity contribution in [3.63, 3.8) is 0 Å². The van der Waals surface area contributed by atoms with Crippen molar-refractivity contribution in [2.24, 2.45) is 5.92 Å². The zero-order valence-corrected chi connectivity index (χ0v) is 30.2. The Morgan fingerprint density at radius 2 is 1.65 bits per heavy atom. The first-order valence-electron chi connectivity index (χ1n) is 17.3. The first kappa shape index (κ1) is 37.8. The number of amides is 2. The van der Waals surface area contributed by atoms with E-state index in [0.717, 1.165) is 11.6 Å². The first-order valence-corrected chi connectivity index (χ1v) is 17.3. The molecule has 2 heterocycles. The van der Waals surface area contributed by atoms with Gasteiger partial charge in [0.15, 0.2) is 11.6 Å². The van der Waals surface area contributed by atoms with Crippen molar-refractivity contribution in [3.05, 3.63) is 142 Å².